The van der Waals surface area contributed by atoms with Crippen molar-refractivity contribution in [1.29, 1.82) is 0 Å². The van der Waals surface area contributed by atoms with Crippen molar-refractivity contribution in [2.75, 3.05) is 19.6 Å². The first-order valence-corrected chi connectivity index (χ1v) is 10.0. The van der Waals surface area contributed by atoms with E-state index in [4.69, 9.17) is 42.1 Å². The Morgan fingerprint density at radius 2 is 0.919 bits per heavy atom. The van der Waals surface area contributed by atoms with Gasteiger partial charge in [0.05, 0.1) is 19.6 Å². The summed E-state index contributed by atoms with van der Waals surface area (Å²) in [6, 6.07) is 7.48. The Kier molecular flexibility index (Phi) is 28.6. The van der Waals surface area contributed by atoms with Gasteiger partial charge in [-0.1, -0.05) is 30.3 Å². The van der Waals surface area contributed by atoms with E-state index in [1.54, 1.807) is 0 Å². The molecule has 212 valence electrons. The standard InChI is InChI=1S/C9H11NO2.C5H9NO4.3C2H5NO2/c10-8(9(11)12)6-7-4-2-1-3-5-7;6-3(5(9)10)1-2-4(7)8;3*3-1-2(4)5/h1-5,8H,6,10H2,(H,11,12);3H,1-2,6H2,(H,7,8)(H,9,10);3*1,3H2,(H,4,5). The van der Waals surface area contributed by atoms with E-state index in [2.05, 4.69) is 17.2 Å². The molecule has 2 atom stereocenters. The van der Waals surface area contributed by atoms with Crippen LogP contribution in [-0.2, 0) is 35.2 Å². The molecule has 2 unspecified atom stereocenters. The quantitative estimate of drug-likeness (QED) is 0.141. The highest BCUT2D eigenvalue weighted by Crippen LogP contribution is 2.01. The first-order valence-electron chi connectivity index (χ1n) is 10.0. The van der Waals surface area contributed by atoms with Gasteiger partial charge in [0, 0.05) is 6.42 Å². The van der Waals surface area contributed by atoms with Crippen LogP contribution in [-0.4, -0.2) is 98.2 Å². The molecule has 0 aliphatic heterocycles. The average molecular weight is 538 g/mol. The van der Waals surface area contributed by atoms with Gasteiger partial charge < -0.3 is 59.3 Å². The predicted molar refractivity (Wildman–Crippen MR) is 128 cm³/mol. The van der Waals surface area contributed by atoms with Gasteiger partial charge in [0.2, 0.25) is 0 Å². The molecule has 1 aromatic rings. The minimum absolute atomic E-state index is 0.0231. The van der Waals surface area contributed by atoms with Crippen molar-refractivity contribution < 1.29 is 59.4 Å². The van der Waals surface area contributed by atoms with Crippen LogP contribution >= 0.6 is 0 Å². The lowest BCUT2D eigenvalue weighted by molar-refractivity contribution is -0.140. The maximum Gasteiger partial charge on any atom is 0.320 e. The van der Waals surface area contributed by atoms with Crippen LogP contribution in [0.4, 0.5) is 0 Å². The molecule has 0 bridgehead atoms. The fourth-order valence-corrected chi connectivity index (χ4v) is 1.36. The van der Waals surface area contributed by atoms with Gasteiger partial charge >= 0.3 is 35.8 Å². The van der Waals surface area contributed by atoms with E-state index in [1.165, 1.54) is 0 Å². The Balaban J connectivity index is -0.000000196. The van der Waals surface area contributed by atoms with E-state index < -0.39 is 47.9 Å². The second kappa shape index (κ2) is 26.4. The zero-order chi connectivity index (χ0) is 30.0. The molecule has 0 saturated carbocycles. The summed E-state index contributed by atoms with van der Waals surface area (Å²) in [6.07, 6.45) is 0.161. The van der Waals surface area contributed by atoms with Crippen LogP contribution in [0.15, 0.2) is 30.3 Å². The molecule has 37 heavy (non-hydrogen) atoms. The van der Waals surface area contributed by atoms with Crippen molar-refractivity contribution in [2.24, 2.45) is 28.7 Å². The van der Waals surface area contributed by atoms with Crippen LogP contribution in [0.2, 0.25) is 0 Å². The lowest BCUT2D eigenvalue weighted by atomic mass is 10.1. The zero-order valence-electron chi connectivity index (χ0n) is 19.8. The average Bonchev–Trinajstić information content (AvgIpc) is 2.84. The first-order chi connectivity index (χ1) is 17.0. The topological polar surface area (TPSA) is 354 Å². The Hall–Kier alpha value is -4.16. The number of benzene rings is 1. The Bertz CT molecular complexity index is 775. The Labute approximate surface area is 211 Å². The Morgan fingerprint density at radius 1 is 0.595 bits per heavy atom. The fourth-order valence-electron chi connectivity index (χ4n) is 1.36. The minimum atomic E-state index is -1.17. The number of carbonyl (C=O) groups is 6. The summed E-state index contributed by atoms with van der Waals surface area (Å²) in [6.45, 7) is -0.833. The van der Waals surface area contributed by atoms with E-state index in [0.29, 0.717) is 6.42 Å². The number of carboxylic acid groups (broad SMARTS) is 6. The highest BCUT2D eigenvalue weighted by Gasteiger charge is 2.12. The van der Waals surface area contributed by atoms with Crippen molar-refractivity contribution in [3.05, 3.63) is 35.9 Å². The zero-order valence-corrected chi connectivity index (χ0v) is 19.8. The third-order valence-corrected chi connectivity index (χ3v) is 3.13. The van der Waals surface area contributed by atoms with Crippen LogP contribution < -0.4 is 28.7 Å². The second-order valence-electron chi connectivity index (χ2n) is 6.31. The summed E-state index contributed by atoms with van der Waals surface area (Å²) >= 11 is 0. The summed E-state index contributed by atoms with van der Waals surface area (Å²) in [5.74, 6) is -6.06. The number of nitrogens with two attached hydrogens (primary N) is 5. The Morgan fingerprint density at radius 3 is 1.16 bits per heavy atom. The molecule has 1 aromatic carbocycles. The van der Waals surface area contributed by atoms with Gasteiger partial charge in [-0.05, 0) is 18.4 Å². The fraction of sp³-hybridized carbons (Fsp3) is 0.400. The molecule has 17 heteroatoms. The monoisotopic (exact) mass is 537 g/mol. The van der Waals surface area contributed by atoms with Crippen molar-refractivity contribution in [3.8, 4) is 0 Å². The number of aliphatic carboxylic acids is 6. The largest absolute Gasteiger partial charge is 0.481 e. The van der Waals surface area contributed by atoms with Gasteiger partial charge in [-0.2, -0.15) is 0 Å². The van der Waals surface area contributed by atoms with Gasteiger partial charge in [0.1, 0.15) is 12.1 Å². The molecule has 1 rings (SSSR count). The molecular weight excluding hydrogens is 502 g/mol. The smallest absolute Gasteiger partial charge is 0.320 e. The normalized spacial score (nSPS) is 10.4. The minimum Gasteiger partial charge on any atom is -0.481 e. The molecule has 16 N–H and O–H groups in total. The van der Waals surface area contributed by atoms with E-state index >= 15 is 0 Å². The summed E-state index contributed by atoms with van der Waals surface area (Å²) in [5.41, 5.74) is 25.0. The first kappa shape index (κ1) is 40.0. The van der Waals surface area contributed by atoms with Crippen LogP contribution in [0.3, 0.4) is 0 Å². The number of hydrogen-bond donors (Lipinski definition) is 11. The molecule has 0 aliphatic rings. The third kappa shape index (κ3) is 39.4. The summed E-state index contributed by atoms with van der Waals surface area (Å²) in [4.78, 5) is 58.0. The summed E-state index contributed by atoms with van der Waals surface area (Å²) in [7, 11) is 0. The van der Waals surface area contributed by atoms with Gasteiger partial charge in [-0.25, -0.2) is 0 Å². The molecule has 0 radical (unpaired) electrons. The molecule has 0 spiro atoms. The predicted octanol–water partition coefficient (Wildman–Crippen LogP) is -3.01. The van der Waals surface area contributed by atoms with E-state index in [0.717, 1.165) is 5.56 Å². The molecular formula is C20H35N5O12. The number of carboxylic acids is 6. The van der Waals surface area contributed by atoms with Crippen molar-refractivity contribution in [1.82, 2.24) is 0 Å². The third-order valence-electron chi connectivity index (χ3n) is 3.13. The van der Waals surface area contributed by atoms with Crippen molar-refractivity contribution in [2.45, 2.75) is 31.3 Å². The highest BCUT2D eigenvalue weighted by molar-refractivity contribution is 5.74. The molecule has 0 aliphatic carbocycles. The number of hydrogen-bond acceptors (Lipinski definition) is 11. The lowest BCUT2D eigenvalue weighted by Gasteiger charge is -2.04. The van der Waals surface area contributed by atoms with Gasteiger partial charge in [0.15, 0.2) is 0 Å². The summed E-state index contributed by atoms with van der Waals surface area (Å²) < 4.78 is 0. The molecule has 0 aromatic heterocycles. The van der Waals surface area contributed by atoms with Crippen LogP contribution in [0.1, 0.15) is 18.4 Å². The van der Waals surface area contributed by atoms with Gasteiger partial charge in [0.25, 0.3) is 0 Å². The molecule has 0 amide bonds. The van der Waals surface area contributed by atoms with E-state index in [9.17, 15) is 28.8 Å². The molecule has 17 nitrogen and oxygen atoms in total. The van der Waals surface area contributed by atoms with Crippen LogP contribution in [0, 0.1) is 0 Å². The van der Waals surface area contributed by atoms with Crippen LogP contribution in [0.5, 0.6) is 0 Å². The maximum absolute atomic E-state index is 10.4. The van der Waals surface area contributed by atoms with Crippen LogP contribution in [0.25, 0.3) is 0 Å². The van der Waals surface area contributed by atoms with E-state index in [1.807, 2.05) is 30.3 Å². The molecule has 0 saturated heterocycles. The molecule has 0 heterocycles. The molecule has 0 fully saturated rings. The highest BCUT2D eigenvalue weighted by atomic mass is 16.4. The lowest BCUT2D eigenvalue weighted by Crippen LogP contribution is -2.32. The van der Waals surface area contributed by atoms with Crippen molar-refractivity contribution >= 4 is 35.8 Å². The van der Waals surface area contributed by atoms with Crippen molar-refractivity contribution in [3.63, 3.8) is 0 Å². The summed E-state index contributed by atoms with van der Waals surface area (Å²) in [5, 5.41) is 47.6. The maximum atomic E-state index is 10.4. The van der Waals surface area contributed by atoms with Gasteiger partial charge in [-0.3, -0.25) is 28.8 Å². The SMILES string of the molecule is NC(CCC(=O)O)C(=O)O.NC(Cc1ccccc1)C(=O)O.NCC(=O)O.NCC(=O)O.NCC(=O)O. The van der Waals surface area contributed by atoms with Gasteiger partial charge in [-0.15, -0.1) is 0 Å². The second-order valence-corrected chi connectivity index (χ2v) is 6.31. The number of rotatable bonds is 10. The van der Waals surface area contributed by atoms with E-state index in [-0.39, 0.29) is 32.5 Å².